The van der Waals surface area contributed by atoms with E-state index in [4.69, 9.17) is 5.73 Å². The van der Waals surface area contributed by atoms with Crippen molar-refractivity contribution in [2.45, 2.75) is 38.6 Å². The van der Waals surface area contributed by atoms with E-state index in [-0.39, 0.29) is 11.0 Å². The van der Waals surface area contributed by atoms with E-state index in [9.17, 15) is 0 Å². The lowest BCUT2D eigenvalue weighted by atomic mass is 9.76. The first kappa shape index (κ1) is 11.5. The fourth-order valence-corrected chi connectivity index (χ4v) is 2.53. The Bertz CT molecular complexity index is 475. The molecule has 3 nitrogen and oxygen atoms in total. The predicted octanol–water partition coefficient (Wildman–Crippen LogP) is 2.71. The number of fused-ring (bicyclic) bond motifs is 1. The Morgan fingerprint density at radius 2 is 1.94 bits per heavy atom. The van der Waals surface area contributed by atoms with Gasteiger partial charge in [-0.1, -0.05) is 13.8 Å². The molecule has 2 N–H and O–H groups in total. The van der Waals surface area contributed by atoms with Crippen molar-refractivity contribution in [3.05, 3.63) is 23.5 Å². The van der Waals surface area contributed by atoms with E-state index in [1.54, 1.807) is 23.7 Å². The maximum atomic E-state index is 6.22. The van der Waals surface area contributed by atoms with Crippen molar-refractivity contribution >= 4 is 21.6 Å². The molecule has 0 unspecified atom stereocenters. The largest absolute Gasteiger partial charge is 0.325 e. The Balaban J connectivity index is 2.56. The van der Waals surface area contributed by atoms with Crippen LogP contribution in [0.1, 0.15) is 32.7 Å². The average Bonchev–Trinajstić information content (AvgIpc) is 2.59. The molecule has 4 heteroatoms. The number of thiazole rings is 1. The van der Waals surface area contributed by atoms with Gasteiger partial charge in [-0.3, -0.25) is 4.98 Å². The molecule has 0 bridgehead atoms. The normalized spacial score (nSPS) is 13.3. The van der Waals surface area contributed by atoms with Gasteiger partial charge in [0.2, 0.25) is 0 Å². The SMILES string of the molecule is CC(C)(N)C(C)(C)c1nc2cnccc2s1. The van der Waals surface area contributed by atoms with E-state index < -0.39 is 0 Å². The van der Waals surface area contributed by atoms with E-state index in [1.165, 1.54) is 4.70 Å². The second-order valence-electron chi connectivity index (χ2n) is 5.21. The van der Waals surface area contributed by atoms with Gasteiger partial charge in [0.25, 0.3) is 0 Å². The Kier molecular flexibility index (Phi) is 2.51. The van der Waals surface area contributed by atoms with Crippen LogP contribution in [-0.2, 0) is 5.41 Å². The molecule has 16 heavy (non-hydrogen) atoms. The topological polar surface area (TPSA) is 51.8 Å². The molecular formula is C12H17N3S. The van der Waals surface area contributed by atoms with Crippen molar-refractivity contribution in [2.75, 3.05) is 0 Å². The number of rotatable bonds is 2. The van der Waals surface area contributed by atoms with Crippen molar-refractivity contribution in [1.82, 2.24) is 9.97 Å². The minimum absolute atomic E-state index is 0.142. The summed E-state index contributed by atoms with van der Waals surface area (Å²) in [6.07, 6.45) is 3.60. The predicted molar refractivity (Wildman–Crippen MR) is 68.7 cm³/mol. The lowest BCUT2D eigenvalue weighted by Crippen LogP contribution is -2.50. The lowest BCUT2D eigenvalue weighted by molar-refractivity contribution is 0.306. The van der Waals surface area contributed by atoms with Gasteiger partial charge in [-0.2, -0.15) is 0 Å². The highest BCUT2D eigenvalue weighted by Gasteiger charge is 2.37. The summed E-state index contributed by atoms with van der Waals surface area (Å²) in [5.74, 6) is 0. The summed E-state index contributed by atoms with van der Waals surface area (Å²) in [5.41, 5.74) is 6.74. The number of hydrogen-bond acceptors (Lipinski definition) is 4. The third-order valence-corrected chi connectivity index (χ3v) is 4.70. The van der Waals surface area contributed by atoms with Crippen molar-refractivity contribution in [1.29, 1.82) is 0 Å². The smallest absolute Gasteiger partial charge is 0.101 e. The van der Waals surface area contributed by atoms with Gasteiger partial charge in [0, 0.05) is 17.2 Å². The first-order valence-electron chi connectivity index (χ1n) is 5.32. The van der Waals surface area contributed by atoms with Crippen LogP contribution in [0, 0.1) is 0 Å². The molecule has 86 valence electrons. The molecule has 2 aromatic rings. The fourth-order valence-electron chi connectivity index (χ4n) is 1.32. The van der Waals surface area contributed by atoms with E-state index in [1.807, 2.05) is 19.9 Å². The maximum Gasteiger partial charge on any atom is 0.101 e. The number of nitrogens with two attached hydrogens (primary N) is 1. The van der Waals surface area contributed by atoms with Gasteiger partial charge < -0.3 is 5.73 Å². The van der Waals surface area contributed by atoms with Crippen LogP contribution in [0.4, 0.5) is 0 Å². The number of aromatic nitrogens is 2. The van der Waals surface area contributed by atoms with E-state index in [2.05, 4.69) is 23.8 Å². The van der Waals surface area contributed by atoms with Gasteiger partial charge >= 0.3 is 0 Å². The molecular weight excluding hydrogens is 218 g/mol. The summed E-state index contributed by atoms with van der Waals surface area (Å²) < 4.78 is 1.17. The van der Waals surface area contributed by atoms with Crippen molar-refractivity contribution in [3.8, 4) is 0 Å². The van der Waals surface area contributed by atoms with Crippen LogP contribution in [0.25, 0.3) is 10.2 Å². The number of pyridine rings is 1. The number of hydrogen-bond donors (Lipinski definition) is 1. The van der Waals surface area contributed by atoms with Crippen LogP contribution < -0.4 is 5.73 Å². The molecule has 0 saturated heterocycles. The zero-order chi connectivity index (χ0) is 12.0. The Morgan fingerprint density at radius 3 is 2.50 bits per heavy atom. The maximum absolute atomic E-state index is 6.22. The van der Waals surface area contributed by atoms with Crippen LogP contribution in [0.15, 0.2) is 18.5 Å². The highest BCUT2D eigenvalue weighted by Crippen LogP contribution is 2.37. The summed E-state index contributed by atoms with van der Waals surface area (Å²) in [6, 6.07) is 2.00. The Hall–Kier alpha value is -1.00. The zero-order valence-corrected chi connectivity index (χ0v) is 10.9. The molecule has 0 fully saturated rings. The molecule has 0 saturated carbocycles. The van der Waals surface area contributed by atoms with Gasteiger partial charge in [0.15, 0.2) is 0 Å². The van der Waals surface area contributed by atoms with Crippen molar-refractivity contribution in [2.24, 2.45) is 5.73 Å². The average molecular weight is 235 g/mol. The molecule has 0 aliphatic heterocycles. The second-order valence-corrected chi connectivity index (χ2v) is 6.24. The lowest BCUT2D eigenvalue weighted by Gasteiger charge is -2.36. The molecule has 0 amide bonds. The van der Waals surface area contributed by atoms with Crippen LogP contribution in [0.2, 0.25) is 0 Å². The molecule has 0 atom stereocenters. The summed E-state index contributed by atoms with van der Waals surface area (Å²) in [4.78, 5) is 8.71. The second kappa shape index (κ2) is 3.50. The summed E-state index contributed by atoms with van der Waals surface area (Å²) in [5, 5.41) is 1.07. The zero-order valence-electron chi connectivity index (χ0n) is 10.1. The van der Waals surface area contributed by atoms with Crippen LogP contribution >= 0.6 is 11.3 Å². The standard InChI is InChI=1S/C12H17N3S/c1-11(2,12(3,4)13)10-15-8-7-14-6-5-9(8)16-10/h5-7H,13H2,1-4H3. The molecule has 2 heterocycles. The van der Waals surface area contributed by atoms with Crippen LogP contribution in [0.5, 0.6) is 0 Å². The van der Waals surface area contributed by atoms with Gasteiger partial charge in [-0.15, -0.1) is 11.3 Å². The number of nitrogens with zero attached hydrogens (tertiary/aromatic N) is 2. The summed E-state index contributed by atoms with van der Waals surface area (Å²) in [6.45, 7) is 8.35. The molecule has 0 aromatic carbocycles. The van der Waals surface area contributed by atoms with Gasteiger partial charge in [0.05, 0.1) is 16.4 Å². The van der Waals surface area contributed by atoms with E-state index >= 15 is 0 Å². The first-order valence-corrected chi connectivity index (χ1v) is 6.14. The van der Waals surface area contributed by atoms with Gasteiger partial charge in [-0.05, 0) is 19.9 Å². The van der Waals surface area contributed by atoms with Gasteiger partial charge in [-0.25, -0.2) is 4.98 Å². The molecule has 0 aliphatic rings. The third kappa shape index (κ3) is 1.72. The molecule has 0 radical (unpaired) electrons. The van der Waals surface area contributed by atoms with Crippen molar-refractivity contribution in [3.63, 3.8) is 0 Å². The fraction of sp³-hybridized carbons (Fsp3) is 0.500. The summed E-state index contributed by atoms with van der Waals surface area (Å²) in [7, 11) is 0. The van der Waals surface area contributed by atoms with E-state index in [0.717, 1.165) is 10.5 Å². The van der Waals surface area contributed by atoms with E-state index in [0.29, 0.717) is 0 Å². The highest BCUT2D eigenvalue weighted by molar-refractivity contribution is 7.18. The monoisotopic (exact) mass is 235 g/mol. The minimum Gasteiger partial charge on any atom is -0.325 e. The van der Waals surface area contributed by atoms with Crippen LogP contribution in [0.3, 0.4) is 0 Å². The molecule has 2 aromatic heterocycles. The highest BCUT2D eigenvalue weighted by atomic mass is 32.1. The quantitative estimate of drug-likeness (QED) is 0.870. The molecule has 0 spiro atoms. The molecule has 0 aliphatic carbocycles. The van der Waals surface area contributed by atoms with Crippen molar-refractivity contribution < 1.29 is 0 Å². The molecule has 2 rings (SSSR count). The van der Waals surface area contributed by atoms with Crippen LogP contribution in [-0.4, -0.2) is 15.5 Å². The minimum atomic E-state index is -0.297. The Morgan fingerprint density at radius 1 is 1.25 bits per heavy atom. The first-order chi connectivity index (χ1) is 7.32. The van der Waals surface area contributed by atoms with Gasteiger partial charge in [0.1, 0.15) is 5.01 Å². The third-order valence-electron chi connectivity index (χ3n) is 3.34. The summed E-state index contributed by atoms with van der Waals surface area (Å²) >= 11 is 1.70. The Labute approximate surface area is 99.7 Å².